The smallest absolute Gasteiger partial charge is 0.329 e. The van der Waals surface area contributed by atoms with Crippen LogP contribution in [0.15, 0.2) is 54.6 Å². The van der Waals surface area contributed by atoms with Crippen LogP contribution in [0.5, 0.6) is 0 Å². The fourth-order valence-corrected chi connectivity index (χ4v) is 6.51. The molecule has 46 heavy (non-hydrogen) atoms. The lowest BCUT2D eigenvalue weighted by Crippen LogP contribution is -2.61. The Morgan fingerprint density at radius 2 is 1.72 bits per heavy atom. The third-order valence-electron chi connectivity index (χ3n) is 9.75. The number of nitrogens with zero attached hydrogens (tertiary/aromatic N) is 1. The number of cyclic esters (lactones) is 1. The van der Waals surface area contributed by atoms with E-state index in [2.05, 4.69) is 0 Å². The molecular formula is C37H53NO8. The minimum atomic E-state index is -2.75. The second-order valence-electron chi connectivity index (χ2n) is 13.1. The van der Waals surface area contributed by atoms with Crippen LogP contribution in [-0.4, -0.2) is 76.2 Å². The molecule has 0 aliphatic carbocycles. The lowest BCUT2D eigenvalue weighted by Gasteiger charge is -2.39. The van der Waals surface area contributed by atoms with E-state index in [1.165, 1.54) is 4.90 Å². The molecule has 2 N–H and O–H groups in total. The molecule has 1 amide bonds. The first kappa shape index (κ1) is 37.3. The zero-order chi connectivity index (χ0) is 33.9. The maximum absolute atomic E-state index is 13.9. The molecule has 2 aliphatic rings. The molecule has 0 spiro atoms. The van der Waals surface area contributed by atoms with Gasteiger partial charge in [-0.05, 0) is 62.5 Å². The zero-order valence-corrected chi connectivity index (χ0v) is 28.1. The molecule has 1 aromatic rings. The average molecular weight is 640 g/mol. The van der Waals surface area contributed by atoms with E-state index in [0.29, 0.717) is 51.4 Å². The molecule has 1 unspecified atom stereocenters. The van der Waals surface area contributed by atoms with E-state index in [9.17, 15) is 29.4 Å². The molecule has 0 bridgehead atoms. The van der Waals surface area contributed by atoms with Crippen molar-refractivity contribution in [2.24, 2.45) is 23.7 Å². The Morgan fingerprint density at radius 3 is 2.39 bits per heavy atom. The first-order valence-electron chi connectivity index (χ1n) is 16.9. The lowest BCUT2D eigenvalue weighted by molar-refractivity contribution is -0.213. The van der Waals surface area contributed by atoms with Crippen LogP contribution in [-0.2, 0) is 35.1 Å². The standard InChI is InChI=1S/C37H53NO8/c1-6-29(24-28-18-9-7-10-19-28)32-22-12-8-11-21-31(39)27(4)33(40)25(2)16-15-17-26(3)34(41)37(44,45-5)36(43)38-23-14-13-20-30(38)35(42)46-32/h7-12,18-19,22,25-27,29-30,32-33,40,44H,6,13-17,20-21,23-24H2,1-5H3/b11-8+,22-12+/t25-,26+,27+,29+,30-,32-,33+,37?/m0/s1. The summed E-state index contributed by atoms with van der Waals surface area (Å²) in [6.45, 7) is 7.43. The first-order valence-corrected chi connectivity index (χ1v) is 16.9. The monoisotopic (exact) mass is 639 g/mol. The number of ether oxygens (including phenoxy) is 2. The van der Waals surface area contributed by atoms with Gasteiger partial charge in [0, 0.05) is 37.8 Å². The SMILES string of the molecule is CC[C@H](Cc1ccccc1)[C@@H]1/C=C/C=C/CC(=O)[C@@H](C)[C@H](O)[C@@H](C)CCC[C@@H](C)C(=O)C(O)(OC)C(=O)N2CCCC[C@H]2C(=O)O1. The van der Waals surface area contributed by atoms with Crippen molar-refractivity contribution in [2.45, 2.75) is 110 Å². The van der Waals surface area contributed by atoms with Crippen LogP contribution in [0, 0.1) is 23.7 Å². The predicted octanol–water partition coefficient (Wildman–Crippen LogP) is 4.98. The number of esters is 1. The minimum absolute atomic E-state index is 0.0815. The van der Waals surface area contributed by atoms with Crippen LogP contribution in [0.2, 0.25) is 0 Å². The summed E-state index contributed by atoms with van der Waals surface area (Å²) in [5.41, 5.74) is 1.09. The largest absolute Gasteiger partial charge is 0.456 e. The highest BCUT2D eigenvalue weighted by Gasteiger charge is 2.51. The van der Waals surface area contributed by atoms with Gasteiger partial charge in [-0.25, -0.2) is 4.79 Å². The zero-order valence-electron chi connectivity index (χ0n) is 28.1. The van der Waals surface area contributed by atoms with Crippen molar-refractivity contribution in [2.75, 3.05) is 13.7 Å². The third-order valence-corrected chi connectivity index (χ3v) is 9.75. The molecule has 9 heteroatoms. The highest BCUT2D eigenvalue weighted by atomic mass is 16.6. The van der Waals surface area contributed by atoms with Gasteiger partial charge >= 0.3 is 11.8 Å². The van der Waals surface area contributed by atoms with Gasteiger partial charge in [-0.15, -0.1) is 0 Å². The Balaban J connectivity index is 1.98. The first-order chi connectivity index (χ1) is 21.9. The lowest BCUT2D eigenvalue weighted by atomic mass is 9.85. The highest BCUT2D eigenvalue weighted by Crippen LogP contribution is 2.29. The molecule has 9 nitrogen and oxygen atoms in total. The fourth-order valence-electron chi connectivity index (χ4n) is 6.51. The molecule has 1 aromatic carbocycles. The number of fused-ring (bicyclic) bond motifs is 1. The molecule has 2 aliphatic heterocycles. The van der Waals surface area contributed by atoms with Crippen molar-refractivity contribution in [3.05, 3.63) is 60.2 Å². The van der Waals surface area contributed by atoms with E-state index in [1.807, 2.05) is 44.2 Å². The van der Waals surface area contributed by atoms with Gasteiger partial charge in [-0.3, -0.25) is 14.4 Å². The summed E-state index contributed by atoms with van der Waals surface area (Å²) < 4.78 is 11.4. The third kappa shape index (κ3) is 9.46. The van der Waals surface area contributed by atoms with Crippen molar-refractivity contribution in [1.29, 1.82) is 0 Å². The molecular weight excluding hydrogens is 586 g/mol. The quantitative estimate of drug-likeness (QED) is 0.262. The summed E-state index contributed by atoms with van der Waals surface area (Å²) in [7, 11) is 1.11. The van der Waals surface area contributed by atoms with Gasteiger partial charge in [-0.2, -0.15) is 0 Å². The average Bonchev–Trinajstić information content (AvgIpc) is 3.07. The van der Waals surface area contributed by atoms with E-state index < -0.39 is 53.5 Å². The molecule has 1 saturated heterocycles. The van der Waals surface area contributed by atoms with Crippen LogP contribution in [0.1, 0.15) is 84.6 Å². The number of Topliss-reactive ketones (excluding diaryl/α,β-unsaturated/α-hetero) is 2. The normalized spacial score (nSPS) is 33.3. The number of ketones is 2. The van der Waals surface area contributed by atoms with Crippen LogP contribution < -0.4 is 0 Å². The van der Waals surface area contributed by atoms with Crippen molar-refractivity contribution < 1.29 is 38.9 Å². The summed E-state index contributed by atoms with van der Waals surface area (Å²) in [4.78, 5) is 55.3. The number of methoxy groups -OCH3 is 1. The van der Waals surface area contributed by atoms with E-state index in [-0.39, 0.29) is 30.6 Å². The Bertz CT molecular complexity index is 1230. The molecule has 0 radical (unpaired) electrons. The Morgan fingerprint density at radius 1 is 1.00 bits per heavy atom. The number of hydrogen-bond donors (Lipinski definition) is 2. The molecule has 2 heterocycles. The Hall–Kier alpha value is -3.14. The van der Waals surface area contributed by atoms with Crippen molar-refractivity contribution in [1.82, 2.24) is 4.90 Å². The molecule has 0 aromatic heterocycles. The van der Waals surface area contributed by atoms with Gasteiger partial charge in [0.25, 0.3) is 5.91 Å². The number of carbonyl (C=O) groups is 4. The number of rotatable bonds is 5. The number of aliphatic hydroxyl groups excluding tert-OH is 1. The number of amides is 1. The maximum atomic E-state index is 13.9. The van der Waals surface area contributed by atoms with Gasteiger partial charge in [0.05, 0.1) is 6.10 Å². The second kappa shape index (κ2) is 17.7. The number of piperidine rings is 1. The van der Waals surface area contributed by atoms with Gasteiger partial charge in [0.1, 0.15) is 17.9 Å². The molecule has 1 fully saturated rings. The number of hydrogen-bond acceptors (Lipinski definition) is 8. The summed E-state index contributed by atoms with van der Waals surface area (Å²) >= 11 is 0. The fraction of sp³-hybridized carbons (Fsp3) is 0.622. The minimum Gasteiger partial charge on any atom is -0.456 e. The van der Waals surface area contributed by atoms with Crippen LogP contribution in [0.3, 0.4) is 0 Å². The maximum Gasteiger partial charge on any atom is 0.329 e. The number of allylic oxidation sites excluding steroid dienone is 3. The second-order valence-corrected chi connectivity index (χ2v) is 13.1. The van der Waals surface area contributed by atoms with Crippen LogP contribution in [0.4, 0.5) is 0 Å². The summed E-state index contributed by atoms with van der Waals surface area (Å²) in [6.07, 6.45) is 10.1. The molecule has 3 rings (SSSR count). The highest BCUT2D eigenvalue weighted by molar-refractivity contribution is 6.09. The van der Waals surface area contributed by atoms with E-state index in [0.717, 1.165) is 12.7 Å². The topological polar surface area (TPSA) is 130 Å². The number of benzene rings is 1. The van der Waals surface area contributed by atoms with Gasteiger partial charge in [0.2, 0.25) is 5.78 Å². The number of aliphatic hydroxyl groups is 2. The van der Waals surface area contributed by atoms with Crippen molar-refractivity contribution in [3.63, 3.8) is 0 Å². The molecule has 254 valence electrons. The molecule has 8 atom stereocenters. The van der Waals surface area contributed by atoms with Gasteiger partial charge in [0.15, 0.2) is 0 Å². The summed E-state index contributed by atoms with van der Waals surface area (Å²) in [5, 5.41) is 22.3. The van der Waals surface area contributed by atoms with Gasteiger partial charge in [-0.1, -0.05) is 82.7 Å². The Kier molecular flexibility index (Phi) is 14.3. The van der Waals surface area contributed by atoms with Gasteiger partial charge < -0.3 is 24.6 Å². The van der Waals surface area contributed by atoms with Crippen molar-refractivity contribution >= 4 is 23.4 Å². The summed E-state index contributed by atoms with van der Waals surface area (Å²) in [5.74, 6) is -6.75. The number of carbonyl (C=O) groups excluding carboxylic acids is 4. The predicted molar refractivity (Wildman–Crippen MR) is 175 cm³/mol. The van der Waals surface area contributed by atoms with E-state index >= 15 is 0 Å². The van der Waals surface area contributed by atoms with E-state index in [4.69, 9.17) is 9.47 Å². The van der Waals surface area contributed by atoms with Crippen LogP contribution in [0.25, 0.3) is 0 Å². The Labute approximate surface area is 274 Å². The molecule has 0 saturated carbocycles. The van der Waals surface area contributed by atoms with Crippen molar-refractivity contribution in [3.8, 4) is 0 Å². The van der Waals surface area contributed by atoms with E-state index in [1.54, 1.807) is 38.2 Å². The summed E-state index contributed by atoms with van der Waals surface area (Å²) in [6, 6.07) is 8.93. The van der Waals surface area contributed by atoms with Crippen LogP contribution >= 0.6 is 0 Å².